The molecule has 1 aromatic carbocycles. The van der Waals surface area contributed by atoms with E-state index in [9.17, 15) is 0 Å². The molecule has 29 heavy (non-hydrogen) atoms. The monoisotopic (exact) mass is 396 g/mol. The minimum atomic E-state index is 0.119. The van der Waals surface area contributed by atoms with Crippen molar-refractivity contribution in [1.82, 2.24) is 15.0 Å². The van der Waals surface area contributed by atoms with Gasteiger partial charge in [0.15, 0.2) is 5.65 Å². The Bertz CT molecular complexity index is 993. The van der Waals surface area contributed by atoms with Gasteiger partial charge in [0.05, 0.1) is 24.3 Å². The van der Waals surface area contributed by atoms with E-state index < -0.39 is 0 Å². The molecule has 0 aliphatic rings. The summed E-state index contributed by atoms with van der Waals surface area (Å²) in [7, 11) is 0. The molecule has 154 valence electrons. The summed E-state index contributed by atoms with van der Waals surface area (Å²) in [6, 6.07) is 5.81. The zero-order valence-electron chi connectivity index (χ0n) is 17.2. The topological polar surface area (TPSA) is 121 Å². The second kappa shape index (κ2) is 9.27. The third kappa shape index (κ3) is 4.77. The van der Waals surface area contributed by atoms with Gasteiger partial charge in [-0.25, -0.2) is 4.98 Å². The van der Waals surface area contributed by atoms with Gasteiger partial charge in [0, 0.05) is 18.8 Å². The molecule has 3 aromatic rings. The van der Waals surface area contributed by atoms with Gasteiger partial charge < -0.3 is 26.3 Å². The van der Waals surface area contributed by atoms with Gasteiger partial charge in [0.1, 0.15) is 17.3 Å². The summed E-state index contributed by atoms with van der Waals surface area (Å²) in [4.78, 5) is 12.6. The maximum Gasteiger partial charge on any atom is 0.224 e. The summed E-state index contributed by atoms with van der Waals surface area (Å²) in [6.45, 7) is 7.89. The summed E-state index contributed by atoms with van der Waals surface area (Å²) in [6.07, 6.45) is 3.89. The van der Waals surface area contributed by atoms with Crippen LogP contribution in [-0.2, 0) is 6.54 Å². The molecule has 0 atom stereocenters. The van der Waals surface area contributed by atoms with Crippen molar-refractivity contribution in [3.63, 3.8) is 0 Å². The first-order valence-electron chi connectivity index (χ1n) is 9.84. The number of anilines is 3. The van der Waals surface area contributed by atoms with E-state index in [4.69, 9.17) is 20.9 Å². The van der Waals surface area contributed by atoms with Crippen LogP contribution in [-0.4, -0.2) is 28.2 Å². The number of unbranched alkanes of at least 4 members (excludes halogenated alkanes) is 1. The molecule has 8 nitrogen and oxygen atoms in total. The van der Waals surface area contributed by atoms with E-state index >= 15 is 0 Å². The Kier molecular flexibility index (Phi) is 6.54. The number of ether oxygens (including phenoxy) is 2. The Balaban J connectivity index is 1.84. The van der Waals surface area contributed by atoms with Gasteiger partial charge in [-0.1, -0.05) is 13.3 Å². The van der Waals surface area contributed by atoms with Crippen molar-refractivity contribution in [3.8, 4) is 11.5 Å². The first-order chi connectivity index (χ1) is 14.0. The number of benzene rings is 1. The van der Waals surface area contributed by atoms with Gasteiger partial charge in [-0.15, -0.1) is 0 Å². The Hall–Kier alpha value is -3.29. The van der Waals surface area contributed by atoms with Crippen LogP contribution in [0, 0.1) is 6.92 Å². The predicted octanol–water partition coefficient (Wildman–Crippen LogP) is 3.69. The van der Waals surface area contributed by atoms with Gasteiger partial charge in [-0.2, -0.15) is 9.97 Å². The summed E-state index contributed by atoms with van der Waals surface area (Å²) in [5.74, 6) is 2.04. The molecule has 0 bridgehead atoms. The Morgan fingerprint density at radius 3 is 2.69 bits per heavy atom. The molecule has 0 spiro atoms. The standard InChI is InChI=1S/C21H28N6O2/c1-4-6-9-29-15-7-8-17(28-5-2)16(10-15)24-11-14-12-25-20-18(13(14)3)19(22)26-21(23)27-20/h7-8,10,12,24H,4-6,9,11H2,1-3H3,(H4,22,23,25,26,27). The number of hydrogen-bond acceptors (Lipinski definition) is 8. The number of nitrogens with one attached hydrogen (secondary N) is 1. The Morgan fingerprint density at radius 2 is 1.93 bits per heavy atom. The number of nitrogens with zero attached hydrogens (tertiary/aromatic N) is 3. The average molecular weight is 396 g/mol. The minimum Gasteiger partial charge on any atom is -0.494 e. The summed E-state index contributed by atoms with van der Waals surface area (Å²) < 4.78 is 11.6. The lowest BCUT2D eigenvalue weighted by Gasteiger charge is -2.16. The number of hydrogen-bond donors (Lipinski definition) is 3. The summed E-state index contributed by atoms with van der Waals surface area (Å²) >= 11 is 0. The molecule has 8 heteroatoms. The van der Waals surface area contributed by atoms with Crippen LogP contribution in [0.5, 0.6) is 11.5 Å². The fourth-order valence-corrected chi connectivity index (χ4v) is 3.05. The molecule has 2 aromatic heterocycles. The quantitative estimate of drug-likeness (QED) is 0.468. The van der Waals surface area contributed by atoms with E-state index in [1.54, 1.807) is 6.20 Å². The van der Waals surface area contributed by atoms with E-state index in [1.165, 1.54) is 0 Å². The highest BCUT2D eigenvalue weighted by atomic mass is 16.5. The van der Waals surface area contributed by atoms with E-state index in [0.717, 1.165) is 46.5 Å². The highest BCUT2D eigenvalue weighted by Crippen LogP contribution is 2.31. The van der Waals surface area contributed by atoms with Crippen LogP contribution in [0.25, 0.3) is 11.0 Å². The van der Waals surface area contributed by atoms with Crippen LogP contribution < -0.4 is 26.3 Å². The van der Waals surface area contributed by atoms with Crippen molar-refractivity contribution in [2.45, 2.75) is 40.2 Å². The fourth-order valence-electron chi connectivity index (χ4n) is 3.05. The first-order valence-corrected chi connectivity index (χ1v) is 9.84. The van der Waals surface area contributed by atoms with Crippen LogP contribution in [0.15, 0.2) is 24.4 Å². The lowest BCUT2D eigenvalue weighted by atomic mass is 10.1. The van der Waals surface area contributed by atoms with Gasteiger partial charge in [-0.05, 0) is 43.5 Å². The number of pyridine rings is 1. The van der Waals surface area contributed by atoms with Gasteiger partial charge in [0.25, 0.3) is 0 Å². The van der Waals surface area contributed by atoms with E-state index in [2.05, 4.69) is 27.2 Å². The molecule has 0 aliphatic carbocycles. The largest absolute Gasteiger partial charge is 0.494 e. The van der Waals surface area contributed by atoms with Crippen molar-refractivity contribution < 1.29 is 9.47 Å². The zero-order chi connectivity index (χ0) is 20.8. The molecule has 0 aliphatic heterocycles. The van der Waals surface area contributed by atoms with Crippen molar-refractivity contribution >= 4 is 28.5 Å². The van der Waals surface area contributed by atoms with Crippen molar-refractivity contribution in [1.29, 1.82) is 0 Å². The fraction of sp³-hybridized carbons (Fsp3) is 0.381. The van der Waals surface area contributed by atoms with Crippen molar-refractivity contribution in [3.05, 3.63) is 35.5 Å². The number of nitrogen functional groups attached to an aromatic ring is 2. The molecule has 2 heterocycles. The summed E-state index contributed by atoms with van der Waals surface area (Å²) in [5, 5.41) is 4.15. The van der Waals surface area contributed by atoms with Crippen LogP contribution >= 0.6 is 0 Å². The molecule has 0 fully saturated rings. The van der Waals surface area contributed by atoms with Crippen molar-refractivity contribution in [2.75, 3.05) is 30.0 Å². The maximum atomic E-state index is 6.05. The van der Waals surface area contributed by atoms with Crippen LogP contribution in [0.3, 0.4) is 0 Å². The lowest BCUT2D eigenvalue weighted by Crippen LogP contribution is -2.08. The maximum absolute atomic E-state index is 6.05. The molecule has 0 radical (unpaired) electrons. The molecule has 0 saturated heterocycles. The van der Waals surface area contributed by atoms with E-state index in [-0.39, 0.29) is 5.95 Å². The lowest BCUT2D eigenvalue weighted by molar-refractivity contribution is 0.307. The molecule has 0 unspecified atom stereocenters. The number of fused-ring (bicyclic) bond motifs is 1. The van der Waals surface area contributed by atoms with Crippen LogP contribution in [0.4, 0.5) is 17.5 Å². The first kappa shape index (κ1) is 20.4. The molecule has 3 rings (SSSR count). The molecule has 0 saturated carbocycles. The predicted molar refractivity (Wildman–Crippen MR) is 116 cm³/mol. The highest BCUT2D eigenvalue weighted by Gasteiger charge is 2.12. The van der Waals surface area contributed by atoms with Crippen molar-refractivity contribution in [2.24, 2.45) is 0 Å². The number of nitrogens with two attached hydrogens (primary N) is 2. The van der Waals surface area contributed by atoms with E-state index in [0.29, 0.717) is 31.2 Å². The third-order valence-electron chi connectivity index (χ3n) is 4.62. The average Bonchev–Trinajstić information content (AvgIpc) is 2.69. The number of aromatic nitrogens is 3. The second-order valence-corrected chi connectivity index (χ2v) is 6.72. The van der Waals surface area contributed by atoms with Gasteiger partial charge in [-0.3, -0.25) is 0 Å². The third-order valence-corrected chi connectivity index (χ3v) is 4.62. The SMILES string of the molecule is CCCCOc1ccc(OCC)c(NCc2cnc3nc(N)nc(N)c3c2C)c1. The summed E-state index contributed by atoms with van der Waals surface area (Å²) in [5.41, 5.74) is 15.0. The molecule has 0 amide bonds. The molecule has 5 N–H and O–H groups in total. The highest BCUT2D eigenvalue weighted by molar-refractivity contribution is 5.90. The normalized spacial score (nSPS) is 10.9. The second-order valence-electron chi connectivity index (χ2n) is 6.72. The molecular formula is C21H28N6O2. The van der Waals surface area contributed by atoms with Crippen LogP contribution in [0.2, 0.25) is 0 Å². The van der Waals surface area contributed by atoms with Gasteiger partial charge in [0.2, 0.25) is 5.95 Å². The Morgan fingerprint density at radius 1 is 1.10 bits per heavy atom. The van der Waals surface area contributed by atoms with E-state index in [1.807, 2.05) is 32.0 Å². The van der Waals surface area contributed by atoms with Gasteiger partial charge >= 0.3 is 0 Å². The Labute approximate surface area is 170 Å². The molecular weight excluding hydrogens is 368 g/mol. The number of rotatable bonds is 9. The smallest absolute Gasteiger partial charge is 0.224 e. The minimum absolute atomic E-state index is 0.119. The number of aryl methyl sites for hydroxylation is 1. The van der Waals surface area contributed by atoms with Crippen LogP contribution in [0.1, 0.15) is 37.8 Å². The zero-order valence-corrected chi connectivity index (χ0v) is 17.2.